The van der Waals surface area contributed by atoms with E-state index < -0.39 is 6.10 Å². The van der Waals surface area contributed by atoms with Crippen molar-refractivity contribution in [1.29, 1.82) is 0 Å². The number of aliphatic hydroxyl groups is 2. The van der Waals surface area contributed by atoms with Gasteiger partial charge >= 0.3 is 0 Å². The number of aromatic amines is 2. The lowest BCUT2D eigenvalue weighted by Crippen LogP contribution is -2.17. The number of imidazole rings is 2. The Balaban J connectivity index is 1.63. The first-order chi connectivity index (χ1) is 16.1. The van der Waals surface area contributed by atoms with Crippen LogP contribution in [-0.2, 0) is 6.42 Å². The van der Waals surface area contributed by atoms with Crippen molar-refractivity contribution in [1.82, 2.24) is 19.9 Å². The Hall–Kier alpha value is -4.01. The highest BCUT2D eigenvalue weighted by Gasteiger charge is 2.18. The molecule has 0 saturated heterocycles. The van der Waals surface area contributed by atoms with Crippen molar-refractivity contribution in [2.24, 2.45) is 0 Å². The average Bonchev–Trinajstić information content (AvgIpc) is 3.58. The van der Waals surface area contributed by atoms with E-state index in [9.17, 15) is 15.0 Å². The Morgan fingerprint density at radius 3 is 2.18 bits per heavy atom. The number of benzene rings is 2. The van der Waals surface area contributed by atoms with Gasteiger partial charge in [-0.1, -0.05) is 24.3 Å². The molecule has 3 heterocycles. The largest absolute Gasteiger partial charge is 0.456 e. The predicted molar refractivity (Wildman–Crippen MR) is 124 cm³/mol. The second-order valence-electron chi connectivity index (χ2n) is 7.83. The Morgan fingerprint density at radius 2 is 1.55 bits per heavy atom. The minimum absolute atomic E-state index is 0.157. The predicted octanol–water partition coefficient (Wildman–Crippen LogP) is 3.53. The van der Waals surface area contributed by atoms with E-state index in [4.69, 9.17) is 4.42 Å². The van der Waals surface area contributed by atoms with Crippen molar-refractivity contribution in [2.75, 3.05) is 6.61 Å². The molecule has 1 atom stereocenters. The lowest BCUT2D eigenvalue weighted by Gasteiger charge is -2.13. The molecule has 2 aromatic carbocycles. The maximum absolute atomic E-state index is 13.6. The number of fused-ring (bicyclic) bond motifs is 1. The molecule has 0 bridgehead atoms. The maximum Gasteiger partial charge on any atom is 0.196 e. The van der Waals surface area contributed by atoms with E-state index in [0.29, 0.717) is 22.3 Å². The fourth-order valence-corrected chi connectivity index (χ4v) is 3.89. The average molecular weight is 442 g/mol. The number of aromatic nitrogens is 4. The molecule has 3 aromatic heterocycles. The third-order valence-corrected chi connectivity index (χ3v) is 5.69. The molecule has 0 spiro atoms. The van der Waals surface area contributed by atoms with Crippen LogP contribution in [0, 0.1) is 0 Å². The van der Waals surface area contributed by atoms with Gasteiger partial charge in [0.15, 0.2) is 5.43 Å². The van der Waals surface area contributed by atoms with E-state index in [1.54, 1.807) is 37.2 Å². The summed E-state index contributed by atoms with van der Waals surface area (Å²) < 4.78 is 6.24. The lowest BCUT2D eigenvalue weighted by atomic mass is 9.98. The Morgan fingerprint density at radius 1 is 0.909 bits per heavy atom. The SMILES string of the molecule is O=c1c(CCC(O)CO)c(-c2ccc(-c3cnc[nH]3)cc2)oc2ccc(-c3cnc[nH]3)cc12. The topological polar surface area (TPSA) is 128 Å². The fraction of sp³-hybridized carbons (Fsp3) is 0.160. The highest BCUT2D eigenvalue weighted by Crippen LogP contribution is 2.30. The zero-order valence-electron chi connectivity index (χ0n) is 17.7. The molecule has 0 aliphatic carbocycles. The van der Waals surface area contributed by atoms with Crippen LogP contribution >= 0.6 is 0 Å². The first-order valence-electron chi connectivity index (χ1n) is 10.6. The molecule has 0 saturated carbocycles. The summed E-state index contributed by atoms with van der Waals surface area (Å²) in [6.45, 7) is -0.364. The summed E-state index contributed by atoms with van der Waals surface area (Å²) in [4.78, 5) is 27.8. The van der Waals surface area contributed by atoms with E-state index in [2.05, 4.69) is 19.9 Å². The van der Waals surface area contributed by atoms with Crippen LogP contribution in [0.2, 0.25) is 0 Å². The minimum atomic E-state index is -0.910. The monoisotopic (exact) mass is 442 g/mol. The van der Waals surface area contributed by atoms with Crippen LogP contribution in [0.1, 0.15) is 12.0 Å². The third-order valence-electron chi connectivity index (χ3n) is 5.69. The van der Waals surface area contributed by atoms with Crippen LogP contribution in [0.4, 0.5) is 0 Å². The summed E-state index contributed by atoms with van der Waals surface area (Å²) in [6.07, 6.45) is 6.24. The Kier molecular flexibility index (Phi) is 5.60. The molecule has 4 N–H and O–H groups in total. The third kappa shape index (κ3) is 4.09. The maximum atomic E-state index is 13.6. The lowest BCUT2D eigenvalue weighted by molar-refractivity contribution is 0.0885. The van der Waals surface area contributed by atoms with Crippen molar-refractivity contribution in [3.63, 3.8) is 0 Å². The van der Waals surface area contributed by atoms with Gasteiger partial charge in [-0.25, -0.2) is 9.97 Å². The van der Waals surface area contributed by atoms with Gasteiger partial charge < -0.3 is 24.6 Å². The molecule has 8 nitrogen and oxygen atoms in total. The van der Waals surface area contributed by atoms with Gasteiger partial charge in [-0.2, -0.15) is 0 Å². The van der Waals surface area contributed by atoms with Crippen molar-refractivity contribution in [2.45, 2.75) is 18.9 Å². The number of nitrogens with one attached hydrogen (secondary N) is 2. The quantitative estimate of drug-likeness (QED) is 0.305. The summed E-state index contributed by atoms with van der Waals surface area (Å²) in [5, 5.41) is 19.6. The van der Waals surface area contributed by atoms with E-state index in [0.717, 1.165) is 28.1 Å². The summed E-state index contributed by atoms with van der Waals surface area (Å²) in [6, 6.07) is 13.1. The molecule has 0 fully saturated rings. The van der Waals surface area contributed by atoms with Gasteiger partial charge in [0.05, 0.1) is 54.5 Å². The second-order valence-corrected chi connectivity index (χ2v) is 7.83. The number of nitrogens with zero attached hydrogens (tertiary/aromatic N) is 2. The number of aliphatic hydroxyl groups excluding tert-OH is 2. The number of H-pyrrole nitrogens is 2. The molecule has 0 aliphatic heterocycles. The van der Waals surface area contributed by atoms with Crippen LogP contribution in [0.25, 0.3) is 44.8 Å². The highest BCUT2D eigenvalue weighted by molar-refractivity contribution is 5.85. The summed E-state index contributed by atoms with van der Waals surface area (Å²) in [7, 11) is 0. The molecule has 8 heteroatoms. The summed E-state index contributed by atoms with van der Waals surface area (Å²) in [5.74, 6) is 0.461. The van der Waals surface area contributed by atoms with Gasteiger partial charge in [-0.15, -0.1) is 0 Å². The van der Waals surface area contributed by atoms with E-state index in [-0.39, 0.29) is 24.9 Å². The molecule has 166 valence electrons. The highest BCUT2D eigenvalue weighted by atomic mass is 16.3. The van der Waals surface area contributed by atoms with Gasteiger partial charge in [0.1, 0.15) is 11.3 Å². The van der Waals surface area contributed by atoms with Gasteiger partial charge in [-0.05, 0) is 36.6 Å². The van der Waals surface area contributed by atoms with Crippen LogP contribution in [0.3, 0.4) is 0 Å². The van der Waals surface area contributed by atoms with Crippen LogP contribution in [-0.4, -0.2) is 42.9 Å². The standard InChI is InChI=1S/C25H22N4O4/c30-12-18(31)6-7-19-24(32)20-9-17(22-11-27-14-29-22)5-8-23(20)33-25(19)16-3-1-15(2-4-16)21-10-26-13-28-21/h1-5,8-11,13-14,18,30-31H,6-7,12H2,(H,26,28)(H,27,29). The molecule has 0 aliphatic rings. The van der Waals surface area contributed by atoms with Crippen molar-refractivity contribution in [3.8, 4) is 33.8 Å². The Labute approximate surface area is 188 Å². The normalized spacial score (nSPS) is 12.3. The van der Waals surface area contributed by atoms with Crippen molar-refractivity contribution < 1.29 is 14.6 Å². The van der Waals surface area contributed by atoms with Gasteiger partial charge in [0, 0.05) is 16.7 Å². The van der Waals surface area contributed by atoms with Crippen LogP contribution in [0.15, 0.2) is 76.7 Å². The van der Waals surface area contributed by atoms with Gasteiger partial charge in [0.2, 0.25) is 0 Å². The first-order valence-corrected chi connectivity index (χ1v) is 10.6. The molecular formula is C25H22N4O4. The molecule has 1 unspecified atom stereocenters. The summed E-state index contributed by atoms with van der Waals surface area (Å²) >= 11 is 0. The van der Waals surface area contributed by atoms with E-state index in [1.807, 2.05) is 30.3 Å². The van der Waals surface area contributed by atoms with Crippen LogP contribution in [0.5, 0.6) is 0 Å². The molecule has 5 aromatic rings. The number of rotatable bonds is 7. The zero-order valence-corrected chi connectivity index (χ0v) is 17.7. The number of hydrogen-bond donors (Lipinski definition) is 4. The molecule has 0 amide bonds. The fourth-order valence-electron chi connectivity index (χ4n) is 3.89. The number of hydrogen-bond acceptors (Lipinski definition) is 6. The first kappa shape index (κ1) is 20.9. The van der Waals surface area contributed by atoms with Crippen LogP contribution < -0.4 is 5.43 Å². The van der Waals surface area contributed by atoms with Crippen molar-refractivity contribution >= 4 is 11.0 Å². The van der Waals surface area contributed by atoms with Gasteiger partial charge in [0.25, 0.3) is 0 Å². The molecule has 5 rings (SSSR count). The molecule has 0 radical (unpaired) electrons. The second kappa shape index (κ2) is 8.85. The van der Waals surface area contributed by atoms with Crippen molar-refractivity contribution in [3.05, 3.63) is 83.3 Å². The van der Waals surface area contributed by atoms with E-state index >= 15 is 0 Å². The summed E-state index contributed by atoms with van der Waals surface area (Å²) in [5.41, 5.74) is 5.00. The minimum Gasteiger partial charge on any atom is -0.456 e. The molecular weight excluding hydrogens is 420 g/mol. The van der Waals surface area contributed by atoms with E-state index in [1.165, 1.54) is 0 Å². The molecule has 33 heavy (non-hydrogen) atoms. The zero-order chi connectivity index (χ0) is 22.8. The van der Waals surface area contributed by atoms with Gasteiger partial charge in [-0.3, -0.25) is 4.79 Å². The smallest absolute Gasteiger partial charge is 0.196 e. The Bertz CT molecular complexity index is 1420.